The standard InChI is InChI=1S/C16H16F3N3O4/c17-16(18,19)15-21-14(22-26-15)11-1-2-12(20-8-11)9-25-13(23)7-10-3-5-24-6-4-10/h1-2,8,10H,3-7,9H2. The Morgan fingerprint density at radius 2 is 2.04 bits per heavy atom. The van der Waals surface area contributed by atoms with Crippen LogP contribution in [0.25, 0.3) is 11.4 Å². The molecular weight excluding hydrogens is 355 g/mol. The molecule has 7 nitrogen and oxygen atoms in total. The molecule has 0 N–H and O–H groups in total. The normalized spacial score (nSPS) is 15.8. The van der Waals surface area contributed by atoms with Crippen molar-refractivity contribution in [3.05, 3.63) is 29.9 Å². The Hall–Kier alpha value is -2.49. The van der Waals surface area contributed by atoms with E-state index in [9.17, 15) is 18.0 Å². The Kier molecular flexibility index (Phi) is 5.50. The molecule has 1 fully saturated rings. The first-order valence-electron chi connectivity index (χ1n) is 8.01. The van der Waals surface area contributed by atoms with Gasteiger partial charge in [0.05, 0.1) is 5.69 Å². The second-order valence-electron chi connectivity index (χ2n) is 5.88. The molecule has 1 aliphatic heterocycles. The van der Waals surface area contributed by atoms with Crippen LogP contribution in [0.1, 0.15) is 30.8 Å². The third kappa shape index (κ3) is 4.78. The first kappa shape index (κ1) is 18.3. The minimum absolute atomic E-state index is 0.0115. The molecule has 140 valence electrons. The minimum Gasteiger partial charge on any atom is -0.459 e. The van der Waals surface area contributed by atoms with Gasteiger partial charge in [-0.25, -0.2) is 0 Å². The number of esters is 1. The Bertz CT molecular complexity index is 740. The number of aromatic nitrogens is 3. The van der Waals surface area contributed by atoms with Crippen molar-refractivity contribution in [3.63, 3.8) is 0 Å². The van der Waals surface area contributed by atoms with E-state index in [1.54, 1.807) is 0 Å². The van der Waals surface area contributed by atoms with Crippen molar-refractivity contribution in [1.29, 1.82) is 0 Å². The lowest BCUT2D eigenvalue weighted by Crippen LogP contribution is -2.19. The highest BCUT2D eigenvalue weighted by Gasteiger charge is 2.38. The van der Waals surface area contributed by atoms with Crippen LogP contribution in [0.4, 0.5) is 13.2 Å². The summed E-state index contributed by atoms with van der Waals surface area (Å²) in [5.74, 6) is -1.67. The third-order valence-electron chi connectivity index (χ3n) is 3.93. The van der Waals surface area contributed by atoms with Crippen LogP contribution >= 0.6 is 0 Å². The third-order valence-corrected chi connectivity index (χ3v) is 3.93. The SMILES string of the molecule is O=C(CC1CCOCC1)OCc1ccc(-c2noc(C(F)(F)F)n2)cn1. The maximum atomic E-state index is 12.5. The number of pyridine rings is 1. The monoisotopic (exact) mass is 371 g/mol. The fraction of sp³-hybridized carbons (Fsp3) is 0.500. The van der Waals surface area contributed by atoms with E-state index < -0.39 is 12.1 Å². The molecule has 0 aromatic carbocycles. The number of hydrogen-bond donors (Lipinski definition) is 0. The van der Waals surface area contributed by atoms with Gasteiger partial charge >= 0.3 is 18.0 Å². The van der Waals surface area contributed by atoms with Gasteiger partial charge in [0.25, 0.3) is 0 Å². The van der Waals surface area contributed by atoms with Crippen LogP contribution in [-0.4, -0.2) is 34.3 Å². The van der Waals surface area contributed by atoms with E-state index in [0.717, 1.165) is 12.8 Å². The van der Waals surface area contributed by atoms with Crippen LogP contribution in [0, 0.1) is 5.92 Å². The first-order valence-corrected chi connectivity index (χ1v) is 8.01. The second kappa shape index (κ2) is 7.81. The molecule has 3 rings (SSSR count). The Morgan fingerprint density at radius 3 is 2.65 bits per heavy atom. The molecule has 0 saturated carbocycles. The van der Waals surface area contributed by atoms with Gasteiger partial charge in [-0.2, -0.15) is 18.2 Å². The summed E-state index contributed by atoms with van der Waals surface area (Å²) in [5, 5.41) is 3.28. The number of halogens is 3. The second-order valence-corrected chi connectivity index (χ2v) is 5.88. The molecule has 2 aromatic rings. The van der Waals surface area contributed by atoms with Crippen molar-refractivity contribution in [1.82, 2.24) is 15.1 Å². The summed E-state index contributed by atoms with van der Waals surface area (Å²) in [6.45, 7) is 1.31. The summed E-state index contributed by atoms with van der Waals surface area (Å²) in [6, 6.07) is 3.01. The molecule has 0 atom stereocenters. The zero-order valence-electron chi connectivity index (χ0n) is 13.7. The van der Waals surface area contributed by atoms with Gasteiger partial charge < -0.3 is 14.0 Å². The number of carbonyl (C=O) groups is 1. The predicted molar refractivity (Wildman–Crippen MR) is 80.5 cm³/mol. The average molecular weight is 371 g/mol. The number of rotatable bonds is 5. The Morgan fingerprint density at radius 1 is 1.27 bits per heavy atom. The average Bonchev–Trinajstić information content (AvgIpc) is 3.12. The smallest absolute Gasteiger partial charge is 0.459 e. The van der Waals surface area contributed by atoms with E-state index in [2.05, 4.69) is 19.6 Å². The largest absolute Gasteiger partial charge is 0.471 e. The summed E-state index contributed by atoms with van der Waals surface area (Å²) in [7, 11) is 0. The van der Waals surface area contributed by atoms with Crippen LogP contribution in [0.15, 0.2) is 22.9 Å². The van der Waals surface area contributed by atoms with E-state index in [4.69, 9.17) is 9.47 Å². The van der Waals surface area contributed by atoms with E-state index in [0.29, 0.717) is 25.3 Å². The van der Waals surface area contributed by atoms with E-state index in [1.807, 2.05) is 0 Å². The number of hydrogen-bond acceptors (Lipinski definition) is 7. The predicted octanol–water partition coefficient (Wildman–Crippen LogP) is 3.01. The Labute approximate surface area is 146 Å². The molecule has 0 radical (unpaired) electrons. The van der Waals surface area contributed by atoms with Gasteiger partial charge in [0.1, 0.15) is 6.61 Å². The fourth-order valence-electron chi connectivity index (χ4n) is 2.50. The number of nitrogens with zero attached hydrogens (tertiary/aromatic N) is 3. The highest BCUT2D eigenvalue weighted by Crippen LogP contribution is 2.29. The van der Waals surface area contributed by atoms with E-state index in [-0.39, 0.29) is 29.9 Å². The lowest BCUT2D eigenvalue weighted by atomic mass is 9.97. The summed E-state index contributed by atoms with van der Waals surface area (Å²) < 4.78 is 52.0. The van der Waals surface area contributed by atoms with Gasteiger partial charge in [0, 0.05) is 31.4 Å². The zero-order valence-corrected chi connectivity index (χ0v) is 13.7. The van der Waals surface area contributed by atoms with Crippen molar-refractivity contribution in [2.45, 2.75) is 32.0 Å². The summed E-state index contributed by atoms with van der Waals surface area (Å²) in [4.78, 5) is 19.2. The molecule has 1 aliphatic rings. The molecule has 26 heavy (non-hydrogen) atoms. The fourth-order valence-corrected chi connectivity index (χ4v) is 2.50. The van der Waals surface area contributed by atoms with Crippen molar-refractivity contribution in [3.8, 4) is 11.4 Å². The van der Waals surface area contributed by atoms with Gasteiger partial charge in [0.15, 0.2) is 0 Å². The van der Waals surface area contributed by atoms with Crippen LogP contribution in [0.3, 0.4) is 0 Å². The lowest BCUT2D eigenvalue weighted by Gasteiger charge is -2.20. The Balaban J connectivity index is 1.52. The van der Waals surface area contributed by atoms with Crippen molar-refractivity contribution in [2.24, 2.45) is 5.92 Å². The molecule has 0 unspecified atom stereocenters. The summed E-state index contributed by atoms with van der Waals surface area (Å²) >= 11 is 0. The molecular formula is C16H16F3N3O4. The number of alkyl halides is 3. The molecule has 0 spiro atoms. The number of ether oxygens (including phenoxy) is 2. The highest BCUT2D eigenvalue weighted by atomic mass is 19.4. The zero-order chi connectivity index (χ0) is 18.6. The molecule has 1 saturated heterocycles. The van der Waals surface area contributed by atoms with Crippen LogP contribution in [-0.2, 0) is 27.1 Å². The quantitative estimate of drug-likeness (QED) is 0.747. The maximum absolute atomic E-state index is 12.5. The molecule has 0 amide bonds. The van der Waals surface area contributed by atoms with Crippen molar-refractivity contribution >= 4 is 5.97 Å². The van der Waals surface area contributed by atoms with Gasteiger partial charge in [-0.3, -0.25) is 9.78 Å². The molecule has 0 aliphatic carbocycles. The van der Waals surface area contributed by atoms with E-state index in [1.165, 1.54) is 18.3 Å². The van der Waals surface area contributed by atoms with Gasteiger partial charge in [-0.05, 0) is 30.9 Å². The van der Waals surface area contributed by atoms with Crippen LogP contribution in [0.5, 0.6) is 0 Å². The highest BCUT2D eigenvalue weighted by molar-refractivity contribution is 5.69. The lowest BCUT2D eigenvalue weighted by molar-refractivity contribution is -0.159. The number of carbonyl (C=O) groups excluding carboxylic acids is 1. The van der Waals surface area contributed by atoms with E-state index >= 15 is 0 Å². The topological polar surface area (TPSA) is 87.3 Å². The molecule has 3 heterocycles. The van der Waals surface area contributed by atoms with Crippen molar-refractivity contribution in [2.75, 3.05) is 13.2 Å². The molecule has 2 aromatic heterocycles. The van der Waals surface area contributed by atoms with Gasteiger partial charge in [-0.1, -0.05) is 5.16 Å². The maximum Gasteiger partial charge on any atom is 0.471 e. The summed E-state index contributed by atoms with van der Waals surface area (Å²) in [6.07, 6.45) is -1.38. The van der Waals surface area contributed by atoms with Gasteiger partial charge in [0.2, 0.25) is 5.82 Å². The summed E-state index contributed by atoms with van der Waals surface area (Å²) in [5.41, 5.74) is 0.732. The van der Waals surface area contributed by atoms with Gasteiger partial charge in [-0.15, -0.1) is 0 Å². The first-order chi connectivity index (χ1) is 12.4. The van der Waals surface area contributed by atoms with Crippen molar-refractivity contribution < 1.29 is 32.0 Å². The van der Waals surface area contributed by atoms with Crippen LogP contribution in [0.2, 0.25) is 0 Å². The minimum atomic E-state index is -4.70. The van der Waals surface area contributed by atoms with Crippen LogP contribution < -0.4 is 0 Å². The molecule has 10 heteroatoms. The molecule has 0 bridgehead atoms.